The molecule has 0 aromatic carbocycles. The lowest BCUT2D eigenvalue weighted by molar-refractivity contribution is -0.151. The molecule has 1 N–H and O–H groups in total. The lowest BCUT2D eigenvalue weighted by atomic mass is 9.82. The molecule has 2 aliphatic carbocycles. The quantitative estimate of drug-likeness (QED) is 0.771. The highest BCUT2D eigenvalue weighted by molar-refractivity contribution is 5.87. The molecule has 0 radical (unpaired) electrons. The summed E-state index contributed by atoms with van der Waals surface area (Å²) in [6, 6.07) is 0.0584. The number of fused-ring (bicyclic) bond motifs is 2. The molecule has 4 nitrogen and oxygen atoms in total. The van der Waals surface area contributed by atoms with Crippen molar-refractivity contribution < 1.29 is 14.7 Å². The van der Waals surface area contributed by atoms with Crippen molar-refractivity contribution in [2.75, 3.05) is 6.54 Å². The zero-order valence-corrected chi connectivity index (χ0v) is 11.5. The van der Waals surface area contributed by atoms with Crippen LogP contribution < -0.4 is 0 Å². The number of amides is 1. The predicted molar refractivity (Wildman–Crippen MR) is 72.4 cm³/mol. The number of carboxylic acid groups (broad SMARTS) is 1. The second kappa shape index (κ2) is 5.19. The van der Waals surface area contributed by atoms with Gasteiger partial charge in [0.05, 0.1) is 11.8 Å². The normalized spacial score (nSPS) is 31.7. The van der Waals surface area contributed by atoms with Crippen LogP contribution in [-0.2, 0) is 9.59 Å². The molecule has 4 unspecified atom stereocenters. The molecule has 1 amide bonds. The van der Waals surface area contributed by atoms with E-state index in [1.165, 1.54) is 0 Å². The van der Waals surface area contributed by atoms with E-state index in [0.29, 0.717) is 6.54 Å². The minimum Gasteiger partial charge on any atom is -0.481 e. The van der Waals surface area contributed by atoms with E-state index in [4.69, 9.17) is 0 Å². The van der Waals surface area contributed by atoms with E-state index in [0.717, 1.165) is 6.42 Å². The zero-order valence-electron chi connectivity index (χ0n) is 11.5. The Morgan fingerprint density at radius 2 is 1.95 bits per heavy atom. The minimum absolute atomic E-state index is 0.0224. The van der Waals surface area contributed by atoms with Crippen molar-refractivity contribution in [3.8, 4) is 0 Å². The largest absolute Gasteiger partial charge is 0.481 e. The Labute approximate surface area is 113 Å². The van der Waals surface area contributed by atoms with Gasteiger partial charge in [0.2, 0.25) is 5.91 Å². The molecule has 0 saturated heterocycles. The van der Waals surface area contributed by atoms with Gasteiger partial charge in [0.15, 0.2) is 0 Å². The molecule has 4 heteroatoms. The van der Waals surface area contributed by atoms with Gasteiger partial charge in [-0.05, 0) is 32.1 Å². The van der Waals surface area contributed by atoms with Gasteiger partial charge < -0.3 is 10.0 Å². The molecule has 0 aromatic rings. The van der Waals surface area contributed by atoms with E-state index in [1.54, 1.807) is 11.0 Å². The van der Waals surface area contributed by atoms with Gasteiger partial charge in [0.1, 0.15) is 0 Å². The van der Waals surface area contributed by atoms with Crippen LogP contribution in [0, 0.1) is 23.7 Å². The Morgan fingerprint density at radius 1 is 1.37 bits per heavy atom. The summed E-state index contributed by atoms with van der Waals surface area (Å²) in [6.45, 7) is 8.03. The first-order valence-corrected chi connectivity index (χ1v) is 6.79. The topological polar surface area (TPSA) is 57.6 Å². The summed E-state index contributed by atoms with van der Waals surface area (Å²) < 4.78 is 0. The maximum absolute atomic E-state index is 12.7. The molecule has 0 aromatic heterocycles. The molecule has 104 valence electrons. The first-order valence-electron chi connectivity index (χ1n) is 6.79. The molecule has 1 fully saturated rings. The van der Waals surface area contributed by atoms with E-state index in [1.807, 2.05) is 26.0 Å². The third-order valence-corrected chi connectivity index (χ3v) is 4.26. The first kappa shape index (κ1) is 13.8. The number of hydrogen-bond donors (Lipinski definition) is 1. The van der Waals surface area contributed by atoms with Gasteiger partial charge in [0.25, 0.3) is 0 Å². The van der Waals surface area contributed by atoms with Crippen molar-refractivity contribution in [3.05, 3.63) is 24.8 Å². The number of nitrogens with zero attached hydrogens (tertiary/aromatic N) is 1. The Bertz CT molecular complexity index is 427. The van der Waals surface area contributed by atoms with Crippen LogP contribution in [-0.4, -0.2) is 34.5 Å². The Hall–Kier alpha value is -1.58. The van der Waals surface area contributed by atoms with E-state index in [9.17, 15) is 14.7 Å². The maximum atomic E-state index is 12.7. The fourth-order valence-corrected chi connectivity index (χ4v) is 3.38. The van der Waals surface area contributed by atoms with Crippen LogP contribution in [0.5, 0.6) is 0 Å². The predicted octanol–water partition coefficient (Wildman–Crippen LogP) is 1.93. The molecule has 0 heterocycles. The van der Waals surface area contributed by atoms with Crippen molar-refractivity contribution in [2.45, 2.75) is 26.3 Å². The van der Waals surface area contributed by atoms with Crippen molar-refractivity contribution in [2.24, 2.45) is 23.7 Å². The number of hydrogen-bond acceptors (Lipinski definition) is 2. The monoisotopic (exact) mass is 263 g/mol. The van der Waals surface area contributed by atoms with E-state index in [2.05, 4.69) is 6.58 Å². The summed E-state index contributed by atoms with van der Waals surface area (Å²) in [5, 5.41) is 9.38. The summed E-state index contributed by atoms with van der Waals surface area (Å²) in [5.74, 6) is -1.75. The van der Waals surface area contributed by atoms with Crippen molar-refractivity contribution in [1.82, 2.24) is 4.90 Å². The third-order valence-electron chi connectivity index (χ3n) is 4.26. The molecule has 2 bridgehead atoms. The number of carbonyl (C=O) groups excluding carboxylic acids is 1. The van der Waals surface area contributed by atoms with Crippen molar-refractivity contribution in [1.29, 1.82) is 0 Å². The number of allylic oxidation sites excluding steroid dienone is 2. The zero-order chi connectivity index (χ0) is 14.2. The van der Waals surface area contributed by atoms with Crippen LogP contribution in [0.15, 0.2) is 24.8 Å². The number of carbonyl (C=O) groups is 2. The number of carboxylic acids is 1. The average molecular weight is 263 g/mol. The Morgan fingerprint density at radius 3 is 2.42 bits per heavy atom. The van der Waals surface area contributed by atoms with Gasteiger partial charge in [-0.2, -0.15) is 0 Å². The van der Waals surface area contributed by atoms with Crippen LogP contribution in [0.4, 0.5) is 0 Å². The van der Waals surface area contributed by atoms with Gasteiger partial charge in [-0.15, -0.1) is 6.58 Å². The van der Waals surface area contributed by atoms with E-state index >= 15 is 0 Å². The average Bonchev–Trinajstić information content (AvgIpc) is 2.94. The van der Waals surface area contributed by atoms with Crippen LogP contribution in [0.3, 0.4) is 0 Å². The molecule has 1 saturated carbocycles. The van der Waals surface area contributed by atoms with E-state index in [-0.39, 0.29) is 23.8 Å². The van der Waals surface area contributed by atoms with Gasteiger partial charge in [-0.1, -0.05) is 18.2 Å². The van der Waals surface area contributed by atoms with Gasteiger partial charge in [-0.3, -0.25) is 9.59 Å². The van der Waals surface area contributed by atoms with Crippen LogP contribution >= 0.6 is 0 Å². The molecule has 0 spiro atoms. The van der Waals surface area contributed by atoms with Crippen molar-refractivity contribution in [3.63, 3.8) is 0 Å². The van der Waals surface area contributed by atoms with Gasteiger partial charge in [-0.25, -0.2) is 0 Å². The summed E-state index contributed by atoms with van der Waals surface area (Å²) in [5.41, 5.74) is 0. The van der Waals surface area contributed by atoms with Gasteiger partial charge in [0, 0.05) is 12.6 Å². The molecular formula is C15H21NO3. The fraction of sp³-hybridized carbons (Fsp3) is 0.600. The van der Waals surface area contributed by atoms with Crippen LogP contribution in [0.25, 0.3) is 0 Å². The van der Waals surface area contributed by atoms with Crippen molar-refractivity contribution >= 4 is 11.9 Å². The molecule has 0 aliphatic heterocycles. The minimum atomic E-state index is -0.850. The third kappa shape index (κ3) is 2.31. The summed E-state index contributed by atoms with van der Waals surface area (Å²) in [6.07, 6.45) is 6.46. The smallest absolute Gasteiger partial charge is 0.307 e. The molecule has 2 aliphatic rings. The van der Waals surface area contributed by atoms with Crippen LogP contribution in [0.2, 0.25) is 0 Å². The number of rotatable bonds is 5. The van der Waals surface area contributed by atoms with Gasteiger partial charge >= 0.3 is 5.97 Å². The standard InChI is InChI=1S/C15H21NO3/c1-4-7-16(9(2)3)14(17)12-10-5-6-11(8-10)13(12)15(18)19/h4-6,9-13H,1,7-8H2,2-3H3,(H,18,19). The highest BCUT2D eigenvalue weighted by Gasteiger charge is 2.52. The second-order valence-corrected chi connectivity index (χ2v) is 5.71. The highest BCUT2D eigenvalue weighted by Crippen LogP contribution is 2.48. The first-order chi connectivity index (χ1) is 8.97. The summed E-state index contributed by atoms with van der Waals surface area (Å²) in [7, 11) is 0. The summed E-state index contributed by atoms with van der Waals surface area (Å²) in [4.78, 5) is 25.8. The highest BCUT2D eigenvalue weighted by atomic mass is 16.4. The number of aliphatic carboxylic acids is 1. The maximum Gasteiger partial charge on any atom is 0.307 e. The lowest BCUT2D eigenvalue weighted by Crippen LogP contribution is -2.45. The van der Waals surface area contributed by atoms with E-state index < -0.39 is 17.8 Å². The SMILES string of the molecule is C=CCN(C(=O)C1C2C=CC(C2)C1C(=O)O)C(C)C. The fourth-order valence-electron chi connectivity index (χ4n) is 3.38. The summed E-state index contributed by atoms with van der Waals surface area (Å²) >= 11 is 0. The molecule has 2 rings (SSSR count). The lowest BCUT2D eigenvalue weighted by Gasteiger charge is -2.32. The second-order valence-electron chi connectivity index (χ2n) is 5.71. The molecule has 19 heavy (non-hydrogen) atoms. The molecular weight excluding hydrogens is 242 g/mol. The molecule has 4 atom stereocenters. The Kier molecular flexibility index (Phi) is 3.78. The Balaban J connectivity index is 2.24. The van der Waals surface area contributed by atoms with Crippen LogP contribution in [0.1, 0.15) is 20.3 Å².